The minimum Gasteiger partial charge on any atom is -0.497 e. The molecule has 1 heterocycles. The Morgan fingerprint density at radius 1 is 0.892 bits per heavy atom. The summed E-state index contributed by atoms with van der Waals surface area (Å²) in [4.78, 5) is 17.1. The Morgan fingerprint density at radius 2 is 1.57 bits per heavy atom. The van der Waals surface area contributed by atoms with Crippen molar-refractivity contribution in [3.8, 4) is 5.75 Å². The van der Waals surface area contributed by atoms with Gasteiger partial charge in [0.15, 0.2) is 0 Å². The van der Waals surface area contributed by atoms with Crippen LogP contribution in [0.5, 0.6) is 5.75 Å². The van der Waals surface area contributed by atoms with E-state index >= 15 is 0 Å². The lowest BCUT2D eigenvalue weighted by molar-refractivity contribution is -0.119. The molecule has 0 aliphatic rings. The van der Waals surface area contributed by atoms with E-state index in [0.717, 1.165) is 15.4 Å². The van der Waals surface area contributed by atoms with Gasteiger partial charge < -0.3 is 10.1 Å². The molecule has 7 nitrogen and oxygen atoms in total. The van der Waals surface area contributed by atoms with Crippen molar-refractivity contribution < 1.29 is 17.9 Å². The van der Waals surface area contributed by atoms with Crippen LogP contribution in [0, 0.1) is 0 Å². The van der Waals surface area contributed by atoms with Crippen LogP contribution in [0.3, 0.4) is 0 Å². The highest BCUT2D eigenvalue weighted by atomic mass is 32.2. The van der Waals surface area contributed by atoms with Crippen molar-refractivity contribution in [3.63, 3.8) is 0 Å². The number of ether oxygens (including phenoxy) is 1. The zero-order valence-electron chi connectivity index (χ0n) is 20.3. The Kier molecular flexibility index (Phi) is 8.33. The molecule has 1 aromatic heterocycles. The molecule has 3 aromatic carbocycles. The van der Waals surface area contributed by atoms with E-state index < -0.39 is 15.9 Å². The molecule has 1 amide bonds. The van der Waals surface area contributed by atoms with Gasteiger partial charge in [0, 0.05) is 18.9 Å². The first kappa shape index (κ1) is 25.7. The maximum atomic E-state index is 13.8. The molecule has 0 fully saturated rings. The van der Waals surface area contributed by atoms with Crippen LogP contribution in [0.15, 0.2) is 108 Å². The molecule has 0 aliphatic carbocycles. The third-order valence-corrected chi connectivity index (χ3v) is 7.41. The lowest BCUT2D eigenvalue weighted by Crippen LogP contribution is -2.41. The molecule has 0 saturated heterocycles. The smallest absolute Gasteiger partial charge is 0.264 e. The summed E-state index contributed by atoms with van der Waals surface area (Å²) in [5.41, 5.74) is 2.86. The van der Waals surface area contributed by atoms with Crippen molar-refractivity contribution in [2.45, 2.75) is 11.4 Å². The van der Waals surface area contributed by atoms with E-state index in [1.54, 1.807) is 36.7 Å². The summed E-state index contributed by atoms with van der Waals surface area (Å²) in [5.74, 6) is 0.112. The fourth-order valence-electron chi connectivity index (χ4n) is 3.67. The summed E-state index contributed by atoms with van der Waals surface area (Å²) in [7, 11) is -2.58. The van der Waals surface area contributed by atoms with Gasteiger partial charge in [0.1, 0.15) is 12.3 Å². The van der Waals surface area contributed by atoms with E-state index in [2.05, 4.69) is 10.3 Å². The van der Waals surface area contributed by atoms with Gasteiger partial charge in [0.05, 0.1) is 17.7 Å². The van der Waals surface area contributed by atoms with Crippen molar-refractivity contribution in [1.82, 2.24) is 10.3 Å². The summed E-state index contributed by atoms with van der Waals surface area (Å²) in [6.07, 6.45) is 7.06. The van der Waals surface area contributed by atoms with Crippen LogP contribution >= 0.6 is 0 Å². The number of hydrogen-bond acceptors (Lipinski definition) is 5. The second-order valence-corrected chi connectivity index (χ2v) is 9.98. The van der Waals surface area contributed by atoms with Crippen LogP contribution in [0.2, 0.25) is 0 Å². The summed E-state index contributed by atoms with van der Waals surface area (Å²) in [5, 5.41) is 2.83. The number of carbonyl (C=O) groups excluding carboxylic acids is 1. The number of aromatic nitrogens is 1. The number of carbonyl (C=O) groups is 1. The first-order chi connectivity index (χ1) is 18.0. The number of para-hydroxylation sites is 1. The number of anilines is 1. The summed E-state index contributed by atoms with van der Waals surface area (Å²) >= 11 is 0. The summed E-state index contributed by atoms with van der Waals surface area (Å²) < 4.78 is 34.0. The lowest BCUT2D eigenvalue weighted by atomic mass is 10.1. The van der Waals surface area contributed by atoms with Crippen molar-refractivity contribution in [2.24, 2.45) is 0 Å². The fourth-order valence-corrected chi connectivity index (χ4v) is 5.12. The van der Waals surface area contributed by atoms with E-state index in [9.17, 15) is 13.2 Å². The number of hydrogen-bond donors (Lipinski definition) is 1. The molecule has 1 N–H and O–H groups in total. The van der Waals surface area contributed by atoms with Crippen LogP contribution in [-0.4, -0.2) is 33.0 Å². The van der Waals surface area contributed by atoms with Gasteiger partial charge in [-0.15, -0.1) is 0 Å². The predicted octanol–water partition coefficient (Wildman–Crippen LogP) is 4.77. The Balaban J connectivity index is 1.69. The van der Waals surface area contributed by atoms with Crippen LogP contribution in [0.4, 0.5) is 5.69 Å². The minimum atomic E-state index is -4.09. The number of rotatable bonds is 10. The van der Waals surface area contributed by atoms with Crippen LogP contribution in [0.25, 0.3) is 12.2 Å². The first-order valence-corrected chi connectivity index (χ1v) is 13.1. The van der Waals surface area contributed by atoms with Gasteiger partial charge in [-0.1, -0.05) is 60.7 Å². The van der Waals surface area contributed by atoms with E-state index in [4.69, 9.17) is 4.74 Å². The zero-order chi connectivity index (χ0) is 26.1. The zero-order valence-corrected chi connectivity index (χ0v) is 21.1. The second-order valence-electron chi connectivity index (χ2n) is 8.12. The van der Waals surface area contributed by atoms with Crippen LogP contribution in [0.1, 0.15) is 16.7 Å². The molecule has 0 bridgehead atoms. The maximum Gasteiger partial charge on any atom is 0.264 e. The number of methoxy groups -OCH3 is 1. The molecule has 0 atom stereocenters. The number of pyridine rings is 1. The molecule has 0 spiro atoms. The predicted molar refractivity (Wildman–Crippen MR) is 145 cm³/mol. The van der Waals surface area contributed by atoms with Crippen molar-refractivity contribution in [2.75, 3.05) is 18.0 Å². The van der Waals surface area contributed by atoms with E-state index in [0.29, 0.717) is 23.5 Å². The number of benzene rings is 3. The Morgan fingerprint density at radius 3 is 2.27 bits per heavy atom. The van der Waals surface area contributed by atoms with Crippen LogP contribution < -0.4 is 14.4 Å². The van der Waals surface area contributed by atoms with Crippen molar-refractivity contribution >= 4 is 33.8 Å². The molecule has 0 unspecified atom stereocenters. The van der Waals surface area contributed by atoms with Crippen molar-refractivity contribution in [1.29, 1.82) is 0 Å². The molecular weight excluding hydrogens is 486 g/mol. The number of nitrogens with one attached hydrogen (secondary N) is 1. The fraction of sp³-hybridized carbons (Fsp3) is 0.103. The molecule has 4 rings (SSSR count). The molecule has 0 radical (unpaired) electrons. The monoisotopic (exact) mass is 513 g/mol. The van der Waals surface area contributed by atoms with Gasteiger partial charge in [-0.3, -0.25) is 14.1 Å². The van der Waals surface area contributed by atoms with Crippen LogP contribution in [-0.2, 0) is 21.4 Å². The topological polar surface area (TPSA) is 88.6 Å². The van der Waals surface area contributed by atoms with Gasteiger partial charge in [0.2, 0.25) is 5.91 Å². The van der Waals surface area contributed by atoms with Gasteiger partial charge in [-0.2, -0.15) is 0 Å². The molecular formula is C29H27N3O4S. The molecule has 0 aliphatic heterocycles. The molecule has 37 heavy (non-hydrogen) atoms. The highest BCUT2D eigenvalue weighted by Gasteiger charge is 2.28. The minimum absolute atomic E-state index is 0.0528. The quantitative estimate of drug-likeness (QED) is 0.330. The molecule has 4 aromatic rings. The maximum absolute atomic E-state index is 13.8. The summed E-state index contributed by atoms with van der Waals surface area (Å²) in [6, 6.07) is 26.3. The number of sulfonamides is 1. The normalized spacial score (nSPS) is 11.3. The highest BCUT2D eigenvalue weighted by molar-refractivity contribution is 7.92. The third-order valence-electron chi connectivity index (χ3n) is 5.63. The lowest BCUT2D eigenvalue weighted by Gasteiger charge is -2.26. The number of nitrogens with zero attached hydrogens (tertiary/aromatic N) is 2. The molecule has 0 saturated carbocycles. The first-order valence-electron chi connectivity index (χ1n) is 11.6. The van der Waals surface area contributed by atoms with E-state index in [1.807, 2.05) is 66.7 Å². The Bertz CT molecular complexity index is 1460. The summed E-state index contributed by atoms with van der Waals surface area (Å²) in [6.45, 7) is -0.0962. The van der Waals surface area contributed by atoms with Crippen molar-refractivity contribution in [3.05, 3.63) is 120 Å². The largest absolute Gasteiger partial charge is 0.497 e. The van der Waals surface area contributed by atoms with Gasteiger partial charge >= 0.3 is 0 Å². The van der Waals surface area contributed by atoms with Gasteiger partial charge in [0.25, 0.3) is 10.0 Å². The van der Waals surface area contributed by atoms with Gasteiger partial charge in [-0.25, -0.2) is 8.42 Å². The van der Waals surface area contributed by atoms with Gasteiger partial charge in [-0.05, 0) is 59.2 Å². The molecule has 188 valence electrons. The Hall–Kier alpha value is -4.43. The van der Waals surface area contributed by atoms with E-state index in [-0.39, 0.29) is 11.4 Å². The average molecular weight is 514 g/mol. The Labute approximate surface area is 217 Å². The molecule has 8 heteroatoms. The number of amides is 1. The SMILES string of the molecule is COc1ccc(S(=O)(=O)N(CC(=O)NCc2ccccc2)c2ccccc2/C=C/c2ccncc2)cc1. The average Bonchev–Trinajstić information content (AvgIpc) is 2.95. The highest BCUT2D eigenvalue weighted by Crippen LogP contribution is 2.29. The van der Waals surface area contributed by atoms with E-state index in [1.165, 1.54) is 19.2 Å². The second kappa shape index (κ2) is 12.0. The third kappa shape index (κ3) is 6.62. The standard InChI is InChI=1S/C29H27N3O4S/c1-36-26-13-15-27(16-14-26)37(34,35)32(22-29(33)31-21-24-7-3-2-4-8-24)28-10-6-5-9-25(28)12-11-23-17-19-30-20-18-23/h2-20H,21-22H2,1H3,(H,31,33)/b12-11+.